The summed E-state index contributed by atoms with van der Waals surface area (Å²) in [4.78, 5) is 16.6. The van der Waals surface area contributed by atoms with Gasteiger partial charge < -0.3 is 9.26 Å². The molecule has 0 aliphatic heterocycles. The first-order valence-electron chi connectivity index (χ1n) is 9.33. The number of esters is 1. The molecule has 0 atom stereocenters. The standard InChI is InChI=1S/C21H23N3O5S/c1-14(2)24(4)30(26,27)18-7-5-6-17(12-18)21(25)28-13-19-22-20(23-29-19)16-10-8-15(3)9-11-16/h5-12,14H,13H2,1-4H3. The third-order valence-corrected chi connectivity index (χ3v) is 6.61. The Morgan fingerprint density at radius 2 is 1.87 bits per heavy atom. The Morgan fingerprint density at radius 3 is 2.53 bits per heavy atom. The molecule has 0 amide bonds. The van der Waals surface area contributed by atoms with Gasteiger partial charge >= 0.3 is 5.97 Å². The van der Waals surface area contributed by atoms with Crippen LogP contribution in [0.4, 0.5) is 0 Å². The van der Waals surface area contributed by atoms with Crippen LogP contribution < -0.4 is 0 Å². The highest BCUT2D eigenvalue weighted by Crippen LogP contribution is 2.19. The Balaban J connectivity index is 1.69. The molecule has 0 saturated carbocycles. The molecule has 0 aliphatic rings. The van der Waals surface area contributed by atoms with Gasteiger partial charge in [-0.2, -0.15) is 9.29 Å². The molecule has 2 aromatic carbocycles. The maximum absolute atomic E-state index is 12.6. The molecular formula is C21H23N3O5S. The molecule has 3 aromatic rings. The molecule has 9 heteroatoms. The number of hydrogen-bond donors (Lipinski definition) is 0. The summed E-state index contributed by atoms with van der Waals surface area (Å²) in [6.07, 6.45) is 0. The topological polar surface area (TPSA) is 103 Å². The number of carbonyl (C=O) groups is 1. The quantitative estimate of drug-likeness (QED) is 0.530. The van der Waals surface area contributed by atoms with Crippen molar-refractivity contribution >= 4 is 16.0 Å². The number of carbonyl (C=O) groups excluding carboxylic acids is 1. The molecular weight excluding hydrogens is 406 g/mol. The van der Waals surface area contributed by atoms with E-state index in [1.54, 1.807) is 13.8 Å². The molecule has 0 saturated heterocycles. The molecule has 0 radical (unpaired) electrons. The highest BCUT2D eigenvalue weighted by Gasteiger charge is 2.24. The van der Waals surface area contributed by atoms with Crippen molar-refractivity contribution in [2.45, 2.75) is 38.3 Å². The van der Waals surface area contributed by atoms with Crippen LogP contribution in [0.2, 0.25) is 0 Å². The normalized spacial score (nSPS) is 11.8. The van der Waals surface area contributed by atoms with E-state index in [0.29, 0.717) is 5.82 Å². The average molecular weight is 429 g/mol. The Labute approximate surface area is 175 Å². The fourth-order valence-electron chi connectivity index (χ4n) is 2.57. The minimum Gasteiger partial charge on any atom is -0.452 e. The van der Waals surface area contributed by atoms with Crippen molar-refractivity contribution in [2.24, 2.45) is 0 Å². The van der Waals surface area contributed by atoms with Crippen molar-refractivity contribution in [3.63, 3.8) is 0 Å². The molecule has 8 nitrogen and oxygen atoms in total. The lowest BCUT2D eigenvalue weighted by Gasteiger charge is -2.21. The van der Waals surface area contributed by atoms with E-state index in [2.05, 4.69) is 10.1 Å². The predicted molar refractivity (Wildman–Crippen MR) is 110 cm³/mol. The number of sulfonamides is 1. The van der Waals surface area contributed by atoms with Crippen molar-refractivity contribution in [3.8, 4) is 11.4 Å². The van der Waals surface area contributed by atoms with Crippen LogP contribution in [0.5, 0.6) is 0 Å². The van der Waals surface area contributed by atoms with E-state index in [4.69, 9.17) is 9.26 Å². The number of aromatic nitrogens is 2. The van der Waals surface area contributed by atoms with Crippen LogP contribution in [0.3, 0.4) is 0 Å². The van der Waals surface area contributed by atoms with Gasteiger partial charge in [-0.15, -0.1) is 0 Å². The predicted octanol–water partition coefficient (Wildman–Crippen LogP) is 3.43. The average Bonchev–Trinajstić information content (AvgIpc) is 3.21. The highest BCUT2D eigenvalue weighted by molar-refractivity contribution is 7.89. The van der Waals surface area contributed by atoms with Gasteiger partial charge in [-0.1, -0.05) is 41.1 Å². The third-order valence-electron chi connectivity index (χ3n) is 4.58. The Morgan fingerprint density at radius 1 is 1.17 bits per heavy atom. The SMILES string of the molecule is Cc1ccc(-c2noc(COC(=O)c3cccc(S(=O)(=O)N(C)C(C)C)c3)n2)cc1. The van der Waals surface area contributed by atoms with Crippen molar-refractivity contribution in [1.29, 1.82) is 0 Å². The van der Waals surface area contributed by atoms with Crippen LogP contribution in [0.1, 0.15) is 35.7 Å². The second kappa shape index (κ2) is 8.76. The van der Waals surface area contributed by atoms with Gasteiger partial charge in [0.25, 0.3) is 5.89 Å². The maximum Gasteiger partial charge on any atom is 0.338 e. The minimum absolute atomic E-state index is 0.0209. The maximum atomic E-state index is 12.6. The highest BCUT2D eigenvalue weighted by atomic mass is 32.2. The zero-order valence-corrected chi connectivity index (χ0v) is 18.0. The van der Waals surface area contributed by atoms with Crippen LogP contribution in [0, 0.1) is 6.92 Å². The smallest absolute Gasteiger partial charge is 0.338 e. The fourth-order valence-corrected chi connectivity index (χ4v) is 3.99. The van der Waals surface area contributed by atoms with Crippen LogP contribution in [-0.4, -0.2) is 41.9 Å². The summed E-state index contributed by atoms with van der Waals surface area (Å²) in [5, 5.41) is 3.89. The summed E-state index contributed by atoms with van der Waals surface area (Å²) in [5.41, 5.74) is 2.01. The van der Waals surface area contributed by atoms with E-state index in [1.165, 1.54) is 35.6 Å². The second-order valence-electron chi connectivity index (χ2n) is 7.10. The number of hydrogen-bond acceptors (Lipinski definition) is 7. The second-order valence-corrected chi connectivity index (χ2v) is 9.09. The first-order valence-corrected chi connectivity index (χ1v) is 10.8. The van der Waals surface area contributed by atoms with E-state index in [-0.39, 0.29) is 29.0 Å². The molecule has 0 aliphatic carbocycles. The van der Waals surface area contributed by atoms with E-state index >= 15 is 0 Å². The number of nitrogens with zero attached hydrogens (tertiary/aromatic N) is 3. The number of benzene rings is 2. The third kappa shape index (κ3) is 4.74. The largest absolute Gasteiger partial charge is 0.452 e. The van der Waals surface area contributed by atoms with Crippen LogP contribution in [0.15, 0.2) is 57.9 Å². The van der Waals surface area contributed by atoms with Crippen molar-refractivity contribution in [2.75, 3.05) is 7.05 Å². The van der Waals surface area contributed by atoms with E-state index in [1.807, 2.05) is 31.2 Å². The van der Waals surface area contributed by atoms with Gasteiger partial charge in [0.1, 0.15) is 0 Å². The first kappa shape index (κ1) is 21.7. The summed E-state index contributed by atoms with van der Waals surface area (Å²) in [7, 11) is -2.21. The molecule has 0 bridgehead atoms. The molecule has 1 aromatic heterocycles. The molecule has 0 spiro atoms. The molecule has 0 N–H and O–H groups in total. The first-order chi connectivity index (χ1) is 14.2. The fraction of sp³-hybridized carbons (Fsp3) is 0.286. The number of ether oxygens (including phenoxy) is 1. The van der Waals surface area contributed by atoms with Gasteiger partial charge in [0.2, 0.25) is 15.8 Å². The van der Waals surface area contributed by atoms with E-state index in [0.717, 1.165) is 11.1 Å². The van der Waals surface area contributed by atoms with Crippen molar-refractivity contribution in [3.05, 3.63) is 65.5 Å². The van der Waals surface area contributed by atoms with Gasteiger partial charge in [0.05, 0.1) is 10.5 Å². The lowest BCUT2D eigenvalue weighted by molar-refractivity contribution is 0.0429. The summed E-state index contributed by atoms with van der Waals surface area (Å²) in [6, 6.07) is 13.1. The summed E-state index contributed by atoms with van der Waals surface area (Å²) in [5.74, 6) is -0.151. The van der Waals surface area contributed by atoms with Gasteiger partial charge in [0.15, 0.2) is 6.61 Å². The van der Waals surface area contributed by atoms with Crippen LogP contribution >= 0.6 is 0 Å². The Hall–Kier alpha value is -3.04. The monoisotopic (exact) mass is 429 g/mol. The van der Waals surface area contributed by atoms with Crippen LogP contribution in [0.25, 0.3) is 11.4 Å². The summed E-state index contributed by atoms with van der Waals surface area (Å²) < 4.78 is 36.8. The molecule has 158 valence electrons. The molecule has 0 fully saturated rings. The molecule has 1 heterocycles. The van der Waals surface area contributed by atoms with Gasteiger partial charge in [-0.3, -0.25) is 0 Å². The summed E-state index contributed by atoms with van der Waals surface area (Å²) in [6.45, 7) is 5.29. The number of aryl methyl sites for hydroxylation is 1. The van der Waals surface area contributed by atoms with E-state index in [9.17, 15) is 13.2 Å². The summed E-state index contributed by atoms with van der Waals surface area (Å²) >= 11 is 0. The van der Waals surface area contributed by atoms with Crippen molar-refractivity contribution < 1.29 is 22.5 Å². The Kier molecular flexibility index (Phi) is 6.33. The molecule has 30 heavy (non-hydrogen) atoms. The zero-order valence-electron chi connectivity index (χ0n) is 17.2. The number of rotatable bonds is 7. The van der Waals surface area contributed by atoms with Crippen molar-refractivity contribution in [1.82, 2.24) is 14.4 Å². The van der Waals surface area contributed by atoms with E-state index < -0.39 is 16.0 Å². The van der Waals surface area contributed by atoms with Gasteiger partial charge in [0, 0.05) is 18.7 Å². The van der Waals surface area contributed by atoms with Crippen LogP contribution in [-0.2, 0) is 21.4 Å². The zero-order chi connectivity index (χ0) is 21.9. The van der Waals surface area contributed by atoms with Gasteiger partial charge in [-0.05, 0) is 39.0 Å². The van der Waals surface area contributed by atoms with Gasteiger partial charge in [-0.25, -0.2) is 13.2 Å². The minimum atomic E-state index is -3.71. The molecule has 0 unspecified atom stereocenters. The lowest BCUT2D eigenvalue weighted by Crippen LogP contribution is -2.33. The Bertz CT molecular complexity index is 1140. The lowest BCUT2D eigenvalue weighted by atomic mass is 10.1. The molecule has 3 rings (SSSR count).